The van der Waals surface area contributed by atoms with Crippen LogP contribution in [0.15, 0.2) is 24.3 Å². The molecule has 0 amide bonds. The molecule has 4 bridgehead atoms. The molecule has 94 valence electrons. The van der Waals surface area contributed by atoms with E-state index in [1.54, 1.807) is 12.1 Å². The summed E-state index contributed by atoms with van der Waals surface area (Å²) in [5.74, 6) is 2.28. The third kappa shape index (κ3) is 1.32. The minimum atomic E-state index is 0.234. The van der Waals surface area contributed by atoms with Crippen LogP contribution in [-0.2, 0) is 10.2 Å². The first-order valence-electron chi connectivity index (χ1n) is 6.99. The molecule has 2 atom stereocenters. The van der Waals surface area contributed by atoms with Crippen molar-refractivity contribution in [3.63, 3.8) is 0 Å². The van der Waals surface area contributed by atoms with Crippen LogP contribution in [-0.4, -0.2) is 10.9 Å². The van der Waals surface area contributed by atoms with Gasteiger partial charge in [-0.05, 0) is 61.1 Å². The highest BCUT2D eigenvalue weighted by Gasteiger charge is 2.55. The molecule has 4 aliphatic carbocycles. The standard InChI is InChI=1S/C16H18O2/c17-14-3-1-13(2-4-14)16-7-10-5-11(8-16)15(18)12(6-10)9-16/h1-4,10-12,17H,5-9H2. The minimum absolute atomic E-state index is 0.234. The van der Waals surface area contributed by atoms with Gasteiger partial charge in [-0.15, -0.1) is 0 Å². The number of carbonyl (C=O) groups excluding carboxylic acids is 1. The van der Waals surface area contributed by atoms with E-state index in [0.717, 1.165) is 31.6 Å². The monoisotopic (exact) mass is 242 g/mol. The summed E-state index contributed by atoms with van der Waals surface area (Å²) >= 11 is 0. The Kier molecular flexibility index (Phi) is 1.98. The van der Waals surface area contributed by atoms with E-state index in [-0.39, 0.29) is 5.41 Å². The molecular weight excluding hydrogens is 224 g/mol. The van der Waals surface area contributed by atoms with Crippen LogP contribution >= 0.6 is 0 Å². The first-order chi connectivity index (χ1) is 8.66. The van der Waals surface area contributed by atoms with Gasteiger partial charge < -0.3 is 5.11 Å². The summed E-state index contributed by atoms with van der Waals surface area (Å²) in [6.07, 6.45) is 5.61. The molecule has 1 aromatic rings. The number of hydrogen-bond acceptors (Lipinski definition) is 2. The van der Waals surface area contributed by atoms with Crippen molar-refractivity contribution in [2.24, 2.45) is 17.8 Å². The lowest BCUT2D eigenvalue weighted by Crippen LogP contribution is -2.53. The number of benzene rings is 1. The SMILES string of the molecule is O=C1C2CC3CC1CC(c1ccc(O)cc1)(C3)C2. The molecule has 5 rings (SSSR count). The van der Waals surface area contributed by atoms with Gasteiger partial charge in [0.15, 0.2) is 0 Å². The predicted octanol–water partition coefficient (Wildman–Crippen LogP) is 3.04. The molecule has 2 unspecified atom stereocenters. The van der Waals surface area contributed by atoms with Crippen LogP contribution in [0.3, 0.4) is 0 Å². The molecule has 0 aliphatic heterocycles. The van der Waals surface area contributed by atoms with Gasteiger partial charge in [0.1, 0.15) is 11.5 Å². The Bertz CT molecular complexity index is 484. The molecule has 4 fully saturated rings. The van der Waals surface area contributed by atoms with Gasteiger partial charge >= 0.3 is 0 Å². The number of aromatic hydroxyl groups is 1. The van der Waals surface area contributed by atoms with Crippen LogP contribution < -0.4 is 0 Å². The average Bonchev–Trinajstić information content (AvgIpc) is 2.35. The summed E-state index contributed by atoms with van der Waals surface area (Å²) in [7, 11) is 0. The summed E-state index contributed by atoms with van der Waals surface area (Å²) in [6, 6.07) is 7.70. The number of rotatable bonds is 1. The number of phenols is 1. The molecule has 4 saturated carbocycles. The van der Waals surface area contributed by atoms with E-state index in [1.165, 1.54) is 12.0 Å². The first-order valence-corrected chi connectivity index (χ1v) is 6.99. The van der Waals surface area contributed by atoms with Gasteiger partial charge in [-0.25, -0.2) is 0 Å². The Morgan fingerprint density at radius 2 is 1.61 bits per heavy atom. The van der Waals surface area contributed by atoms with Gasteiger partial charge in [-0.2, -0.15) is 0 Å². The zero-order valence-corrected chi connectivity index (χ0v) is 10.4. The topological polar surface area (TPSA) is 37.3 Å². The van der Waals surface area contributed by atoms with Crippen molar-refractivity contribution < 1.29 is 9.90 Å². The van der Waals surface area contributed by atoms with Crippen molar-refractivity contribution in [1.29, 1.82) is 0 Å². The average molecular weight is 242 g/mol. The van der Waals surface area contributed by atoms with Gasteiger partial charge in [0.2, 0.25) is 0 Å². The van der Waals surface area contributed by atoms with Gasteiger partial charge in [-0.3, -0.25) is 4.79 Å². The van der Waals surface area contributed by atoms with Gasteiger partial charge in [0.05, 0.1) is 0 Å². The summed E-state index contributed by atoms with van der Waals surface area (Å²) in [4.78, 5) is 12.2. The molecular formula is C16H18O2. The van der Waals surface area contributed by atoms with Crippen molar-refractivity contribution in [3.05, 3.63) is 29.8 Å². The molecule has 4 aliphatic rings. The fraction of sp³-hybridized carbons (Fsp3) is 0.562. The maximum atomic E-state index is 12.2. The second-order valence-corrected chi connectivity index (χ2v) is 6.57. The summed E-state index contributed by atoms with van der Waals surface area (Å²) in [5.41, 5.74) is 1.57. The summed E-state index contributed by atoms with van der Waals surface area (Å²) in [5, 5.41) is 9.43. The third-order valence-electron chi connectivity index (χ3n) is 5.47. The van der Waals surface area contributed by atoms with E-state index < -0.39 is 0 Å². The fourth-order valence-electron chi connectivity index (χ4n) is 4.92. The highest BCUT2D eigenvalue weighted by Crippen LogP contribution is 2.59. The minimum Gasteiger partial charge on any atom is -0.508 e. The summed E-state index contributed by atoms with van der Waals surface area (Å²) < 4.78 is 0. The molecule has 0 aromatic heterocycles. The van der Waals surface area contributed by atoms with E-state index in [4.69, 9.17) is 0 Å². The number of Topliss-reactive ketones (excluding diaryl/α,β-unsaturated/α-hetero) is 1. The van der Waals surface area contributed by atoms with Crippen LogP contribution in [0, 0.1) is 17.8 Å². The number of ketones is 1. The van der Waals surface area contributed by atoms with Crippen molar-refractivity contribution >= 4 is 5.78 Å². The zero-order valence-electron chi connectivity index (χ0n) is 10.4. The largest absolute Gasteiger partial charge is 0.508 e. The van der Waals surface area contributed by atoms with Crippen LogP contribution in [0.2, 0.25) is 0 Å². The molecule has 0 spiro atoms. The lowest BCUT2D eigenvalue weighted by molar-refractivity contribution is -0.142. The number of hydrogen-bond donors (Lipinski definition) is 1. The highest BCUT2D eigenvalue weighted by molar-refractivity contribution is 5.86. The van der Waals surface area contributed by atoms with Gasteiger partial charge in [-0.1, -0.05) is 12.1 Å². The van der Waals surface area contributed by atoms with Crippen LogP contribution in [0.5, 0.6) is 5.75 Å². The molecule has 2 heteroatoms. The predicted molar refractivity (Wildman–Crippen MR) is 68.3 cm³/mol. The molecule has 1 N–H and O–H groups in total. The van der Waals surface area contributed by atoms with Crippen LogP contribution in [0.1, 0.15) is 37.7 Å². The quantitative estimate of drug-likeness (QED) is 0.821. The van der Waals surface area contributed by atoms with E-state index in [0.29, 0.717) is 23.4 Å². The van der Waals surface area contributed by atoms with Gasteiger partial charge in [0.25, 0.3) is 0 Å². The number of phenolic OH excluding ortho intramolecular Hbond substituents is 1. The van der Waals surface area contributed by atoms with Crippen LogP contribution in [0.4, 0.5) is 0 Å². The second kappa shape index (κ2) is 3.37. The van der Waals surface area contributed by atoms with E-state index >= 15 is 0 Å². The fourth-order valence-corrected chi connectivity index (χ4v) is 4.92. The van der Waals surface area contributed by atoms with E-state index in [2.05, 4.69) is 12.1 Å². The lowest BCUT2D eigenvalue weighted by atomic mass is 9.47. The summed E-state index contributed by atoms with van der Waals surface area (Å²) in [6.45, 7) is 0. The second-order valence-electron chi connectivity index (χ2n) is 6.57. The molecule has 18 heavy (non-hydrogen) atoms. The Morgan fingerprint density at radius 1 is 1.00 bits per heavy atom. The van der Waals surface area contributed by atoms with E-state index in [1.807, 2.05) is 0 Å². The van der Waals surface area contributed by atoms with Crippen molar-refractivity contribution in [2.75, 3.05) is 0 Å². The Balaban J connectivity index is 1.76. The zero-order chi connectivity index (χ0) is 12.3. The molecule has 0 radical (unpaired) electrons. The molecule has 1 aromatic carbocycles. The maximum absolute atomic E-state index is 12.2. The Hall–Kier alpha value is -1.31. The number of carbonyl (C=O) groups is 1. The third-order valence-corrected chi connectivity index (χ3v) is 5.47. The van der Waals surface area contributed by atoms with E-state index in [9.17, 15) is 9.90 Å². The highest BCUT2D eigenvalue weighted by atomic mass is 16.3. The van der Waals surface area contributed by atoms with Crippen molar-refractivity contribution in [1.82, 2.24) is 0 Å². The molecule has 0 heterocycles. The normalized spacial score (nSPS) is 41.3. The van der Waals surface area contributed by atoms with Crippen molar-refractivity contribution in [3.8, 4) is 5.75 Å². The lowest BCUT2D eigenvalue weighted by Gasteiger charge is -2.56. The van der Waals surface area contributed by atoms with Crippen molar-refractivity contribution in [2.45, 2.75) is 37.5 Å². The maximum Gasteiger partial charge on any atom is 0.139 e. The Labute approximate surface area is 107 Å². The van der Waals surface area contributed by atoms with Gasteiger partial charge in [0, 0.05) is 11.8 Å². The Morgan fingerprint density at radius 3 is 2.22 bits per heavy atom. The van der Waals surface area contributed by atoms with Crippen LogP contribution in [0.25, 0.3) is 0 Å². The molecule has 2 nitrogen and oxygen atoms in total. The smallest absolute Gasteiger partial charge is 0.139 e. The molecule has 0 saturated heterocycles. The first kappa shape index (κ1) is 10.6.